The van der Waals surface area contributed by atoms with Gasteiger partial charge in [-0.2, -0.15) is 0 Å². The molecule has 1 aliphatic carbocycles. The lowest BCUT2D eigenvalue weighted by atomic mass is 9.96. The van der Waals surface area contributed by atoms with Crippen molar-refractivity contribution < 1.29 is 0 Å². The Morgan fingerprint density at radius 3 is 2.57 bits per heavy atom. The van der Waals surface area contributed by atoms with E-state index in [1.165, 1.54) is 29.5 Å². The number of pyridine rings is 2. The summed E-state index contributed by atoms with van der Waals surface area (Å²) >= 11 is 0. The third kappa shape index (κ3) is 4.25. The molecule has 0 spiro atoms. The second kappa shape index (κ2) is 8.77. The lowest BCUT2D eigenvalue weighted by Crippen LogP contribution is -2.21. The molecule has 1 aliphatic heterocycles. The molecule has 1 fully saturated rings. The second-order valence-electron chi connectivity index (χ2n) is 10.6. The molecule has 0 radical (unpaired) electrons. The predicted molar refractivity (Wildman–Crippen MR) is 153 cm³/mol. The molecule has 0 N–H and O–H groups in total. The van der Waals surface area contributed by atoms with Gasteiger partial charge in [-0.1, -0.05) is 55.0 Å². The standard InChI is InChI=1S/C32H30N4O/c1-20-7-9-23(10-8-20)21(2)30(36-17-13-24-6-5-16-33-29(24)31(36)37)34-22(3)27-18-25-11-12-26(19-28(25)35-27)32(4)14-15-32/h5-13,16-17,19H,14-15,18H2,1-4H3/b30-21-,34-22+. The van der Waals surface area contributed by atoms with Crippen molar-refractivity contribution in [2.75, 3.05) is 0 Å². The van der Waals surface area contributed by atoms with E-state index in [9.17, 15) is 4.79 Å². The first-order chi connectivity index (χ1) is 17.8. The lowest BCUT2D eigenvalue weighted by molar-refractivity contribution is 0.788. The average Bonchev–Trinajstić information content (AvgIpc) is 3.51. The summed E-state index contributed by atoms with van der Waals surface area (Å²) in [5.74, 6) is 0.587. The molecule has 2 aromatic carbocycles. The molecule has 0 amide bonds. The SMILES string of the molecule is C/C(=C(\N=C(/C)C1=Nc2cc(C3(C)CC3)ccc2C1)n1ccc2cccnc2c1=O)c1ccc(C)cc1. The molecular formula is C32H30N4O. The van der Waals surface area contributed by atoms with Gasteiger partial charge in [-0.05, 0) is 79.5 Å². The number of rotatable bonds is 5. The maximum absolute atomic E-state index is 13.5. The van der Waals surface area contributed by atoms with Gasteiger partial charge in [0.15, 0.2) is 0 Å². The molecule has 5 heteroatoms. The fraction of sp³-hybridized carbons (Fsp3) is 0.250. The zero-order valence-corrected chi connectivity index (χ0v) is 21.7. The van der Waals surface area contributed by atoms with Gasteiger partial charge >= 0.3 is 0 Å². The molecule has 0 bridgehead atoms. The Labute approximate surface area is 217 Å². The highest BCUT2D eigenvalue weighted by Crippen LogP contribution is 2.49. The molecule has 4 aromatic rings. The number of aromatic nitrogens is 2. The molecule has 0 atom stereocenters. The number of aliphatic imine (C=N–C) groups is 2. The van der Waals surface area contributed by atoms with Gasteiger partial charge in [-0.3, -0.25) is 19.3 Å². The van der Waals surface area contributed by atoms with Crippen LogP contribution in [0.3, 0.4) is 0 Å². The van der Waals surface area contributed by atoms with Crippen molar-refractivity contribution in [3.05, 3.63) is 106 Å². The summed E-state index contributed by atoms with van der Waals surface area (Å²) in [5, 5.41) is 0.813. The Morgan fingerprint density at radius 1 is 1.03 bits per heavy atom. The van der Waals surface area contributed by atoms with E-state index in [0.717, 1.165) is 40.1 Å². The van der Waals surface area contributed by atoms with Crippen molar-refractivity contribution in [2.45, 2.75) is 52.4 Å². The Hall–Kier alpha value is -4.12. The highest BCUT2D eigenvalue weighted by atomic mass is 16.1. The Morgan fingerprint density at radius 2 is 1.81 bits per heavy atom. The van der Waals surface area contributed by atoms with Crippen LogP contribution in [-0.4, -0.2) is 21.0 Å². The summed E-state index contributed by atoms with van der Waals surface area (Å²) in [6.07, 6.45) is 6.67. The van der Waals surface area contributed by atoms with Crippen LogP contribution in [0.2, 0.25) is 0 Å². The van der Waals surface area contributed by atoms with Crippen LogP contribution in [-0.2, 0) is 11.8 Å². The second-order valence-corrected chi connectivity index (χ2v) is 10.6. The van der Waals surface area contributed by atoms with E-state index in [2.05, 4.69) is 61.3 Å². The first-order valence-electron chi connectivity index (χ1n) is 12.8. The minimum absolute atomic E-state index is 0.185. The molecule has 2 aromatic heterocycles. The fourth-order valence-electron chi connectivity index (χ4n) is 4.95. The van der Waals surface area contributed by atoms with Gasteiger partial charge in [-0.25, -0.2) is 4.99 Å². The summed E-state index contributed by atoms with van der Waals surface area (Å²) in [5.41, 5.74) is 9.06. The van der Waals surface area contributed by atoms with Crippen LogP contribution >= 0.6 is 0 Å². The van der Waals surface area contributed by atoms with Crippen LogP contribution in [0.15, 0.2) is 87.8 Å². The van der Waals surface area contributed by atoms with Crippen molar-refractivity contribution in [3.63, 3.8) is 0 Å². The zero-order valence-electron chi connectivity index (χ0n) is 21.7. The third-order valence-electron chi connectivity index (χ3n) is 7.80. The van der Waals surface area contributed by atoms with Crippen molar-refractivity contribution in [3.8, 4) is 0 Å². The van der Waals surface area contributed by atoms with Gasteiger partial charge < -0.3 is 0 Å². The van der Waals surface area contributed by atoms with E-state index in [-0.39, 0.29) is 5.56 Å². The zero-order chi connectivity index (χ0) is 25.7. The van der Waals surface area contributed by atoms with E-state index in [1.807, 2.05) is 32.0 Å². The molecule has 184 valence electrons. The minimum Gasteiger partial charge on any atom is -0.266 e. The molecule has 37 heavy (non-hydrogen) atoms. The Bertz CT molecular complexity index is 1700. The minimum atomic E-state index is -0.185. The number of benzene rings is 2. The average molecular weight is 487 g/mol. The van der Waals surface area contributed by atoms with Crippen LogP contribution in [0.4, 0.5) is 5.69 Å². The van der Waals surface area contributed by atoms with Crippen molar-refractivity contribution in [1.29, 1.82) is 0 Å². The largest absolute Gasteiger partial charge is 0.282 e. The monoisotopic (exact) mass is 486 g/mol. The molecule has 3 heterocycles. The van der Waals surface area contributed by atoms with Crippen LogP contribution in [0.5, 0.6) is 0 Å². The van der Waals surface area contributed by atoms with Gasteiger partial charge in [-0.15, -0.1) is 0 Å². The van der Waals surface area contributed by atoms with Crippen molar-refractivity contribution in [2.24, 2.45) is 9.98 Å². The lowest BCUT2D eigenvalue weighted by Gasteiger charge is -2.14. The highest BCUT2D eigenvalue weighted by molar-refractivity contribution is 6.44. The summed E-state index contributed by atoms with van der Waals surface area (Å²) in [6, 6.07) is 20.7. The van der Waals surface area contributed by atoms with E-state index in [1.54, 1.807) is 17.0 Å². The van der Waals surface area contributed by atoms with Crippen molar-refractivity contribution in [1.82, 2.24) is 9.55 Å². The third-order valence-corrected chi connectivity index (χ3v) is 7.80. The Kier molecular flexibility index (Phi) is 5.52. The maximum atomic E-state index is 13.5. The Balaban J connectivity index is 1.46. The number of hydrogen-bond acceptors (Lipinski definition) is 4. The van der Waals surface area contributed by atoms with Crippen LogP contribution in [0, 0.1) is 6.92 Å². The van der Waals surface area contributed by atoms with Crippen LogP contribution in [0.25, 0.3) is 22.3 Å². The number of aryl methyl sites for hydroxylation is 1. The summed E-state index contributed by atoms with van der Waals surface area (Å²) in [7, 11) is 0. The predicted octanol–water partition coefficient (Wildman–Crippen LogP) is 6.89. The number of allylic oxidation sites excluding steroid dienone is 1. The van der Waals surface area contributed by atoms with Gasteiger partial charge in [0, 0.05) is 24.2 Å². The van der Waals surface area contributed by atoms with E-state index in [0.29, 0.717) is 16.8 Å². The van der Waals surface area contributed by atoms with E-state index in [4.69, 9.17) is 9.98 Å². The van der Waals surface area contributed by atoms with Crippen LogP contribution in [0.1, 0.15) is 55.9 Å². The van der Waals surface area contributed by atoms with E-state index >= 15 is 0 Å². The van der Waals surface area contributed by atoms with Gasteiger partial charge in [0.05, 0.1) is 17.1 Å². The molecule has 5 nitrogen and oxygen atoms in total. The molecule has 2 aliphatic rings. The summed E-state index contributed by atoms with van der Waals surface area (Å²) < 4.78 is 1.61. The van der Waals surface area contributed by atoms with Gasteiger partial charge in [0.2, 0.25) is 0 Å². The van der Waals surface area contributed by atoms with Gasteiger partial charge in [0.25, 0.3) is 5.56 Å². The van der Waals surface area contributed by atoms with Gasteiger partial charge in [0.1, 0.15) is 11.3 Å². The first-order valence-corrected chi connectivity index (χ1v) is 12.8. The first kappa shape index (κ1) is 23.3. The molecular weight excluding hydrogens is 456 g/mol. The van der Waals surface area contributed by atoms with E-state index < -0.39 is 0 Å². The quantitative estimate of drug-likeness (QED) is 0.288. The van der Waals surface area contributed by atoms with Crippen molar-refractivity contribution >= 4 is 39.4 Å². The number of nitrogens with zero attached hydrogens (tertiary/aromatic N) is 4. The smallest absolute Gasteiger partial charge is 0.266 e. The fourth-order valence-corrected chi connectivity index (χ4v) is 4.95. The number of fused-ring (bicyclic) bond motifs is 2. The normalized spacial score (nSPS) is 16.9. The molecule has 6 rings (SSSR count). The maximum Gasteiger partial charge on any atom is 0.282 e. The summed E-state index contributed by atoms with van der Waals surface area (Å²) in [6.45, 7) is 8.39. The molecule has 0 saturated heterocycles. The highest BCUT2D eigenvalue weighted by Gasteiger charge is 2.39. The molecule has 0 unspecified atom stereocenters. The van der Waals surface area contributed by atoms with Crippen LogP contribution < -0.4 is 5.56 Å². The number of hydrogen-bond donors (Lipinski definition) is 0. The summed E-state index contributed by atoms with van der Waals surface area (Å²) in [4.78, 5) is 27.9. The topological polar surface area (TPSA) is 59.6 Å². The molecule has 1 saturated carbocycles.